The molecule has 0 aromatic heterocycles. The van der Waals surface area contributed by atoms with Crippen molar-refractivity contribution in [1.82, 2.24) is 4.72 Å². The first-order valence-electron chi connectivity index (χ1n) is 6.20. The van der Waals surface area contributed by atoms with Gasteiger partial charge in [-0.2, -0.15) is 4.72 Å². The van der Waals surface area contributed by atoms with E-state index >= 15 is 0 Å². The lowest BCUT2D eigenvalue weighted by molar-refractivity contribution is -0.139. The molecule has 1 atom stereocenters. The number of rotatable bonds is 7. The van der Waals surface area contributed by atoms with E-state index in [4.69, 9.17) is 5.11 Å². The molecule has 1 rings (SSSR count). The van der Waals surface area contributed by atoms with Crippen LogP contribution in [0.25, 0.3) is 0 Å². The van der Waals surface area contributed by atoms with Crippen molar-refractivity contribution in [2.75, 3.05) is 0 Å². The van der Waals surface area contributed by atoms with Crippen LogP contribution >= 0.6 is 0 Å². The van der Waals surface area contributed by atoms with Gasteiger partial charge >= 0.3 is 5.97 Å². The monoisotopic (exact) mass is 343 g/mol. The zero-order valence-electron chi connectivity index (χ0n) is 11.4. The molecule has 0 unspecified atom stereocenters. The number of nitrogens with one attached hydrogen (secondary N) is 1. The quantitative estimate of drug-likeness (QED) is 0.587. The summed E-state index contributed by atoms with van der Waals surface area (Å²) in [7, 11) is -5.10. The smallest absolute Gasteiger partial charge is 0.321 e. The fourth-order valence-corrected chi connectivity index (χ4v) is 3.05. The summed E-state index contributed by atoms with van der Waals surface area (Å²) in [6.07, 6.45) is 0.719. The molecule has 10 heteroatoms. The van der Waals surface area contributed by atoms with Crippen molar-refractivity contribution < 1.29 is 35.9 Å². The molecule has 2 N–H and O–H groups in total. The topological polar surface area (TPSA) is 83.5 Å². The number of hydrogen-bond donors (Lipinski definition) is 2. The molecule has 5 nitrogen and oxygen atoms in total. The number of carboxylic acids is 1. The van der Waals surface area contributed by atoms with Gasteiger partial charge in [-0.05, 0) is 6.42 Å². The molecule has 0 saturated carbocycles. The van der Waals surface area contributed by atoms with E-state index in [1.807, 2.05) is 0 Å². The van der Waals surface area contributed by atoms with Crippen LogP contribution in [-0.2, 0) is 14.8 Å². The highest BCUT2D eigenvalue weighted by atomic mass is 32.2. The van der Waals surface area contributed by atoms with Gasteiger partial charge in [0.25, 0.3) is 0 Å². The Morgan fingerprint density at radius 1 is 1.23 bits per heavy atom. The van der Waals surface area contributed by atoms with Gasteiger partial charge in [0.05, 0.1) is 0 Å². The van der Waals surface area contributed by atoms with Gasteiger partial charge in [-0.1, -0.05) is 19.8 Å². The molecule has 0 bridgehead atoms. The van der Waals surface area contributed by atoms with Crippen molar-refractivity contribution in [1.29, 1.82) is 0 Å². The Morgan fingerprint density at radius 2 is 1.73 bits per heavy atom. The van der Waals surface area contributed by atoms with Crippen molar-refractivity contribution in [3.8, 4) is 0 Å². The molecular weight excluding hydrogens is 330 g/mol. The number of hydrogen-bond acceptors (Lipinski definition) is 3. The number of carboxylic acid groups (broad SMARTS) is 1. The molecule has 124 valence electrons. The summed E-state index contributed by atoms with van der Waals surface area (Å²) in [6.45, 7) is 1.72. The molecule has 0 aliphatic rings. The van der Waals surface area contributed by atoms with Crippen LogP contribution in [0.1, 0.15) is 26.2 Å². The van der Waals surface area contributed by atoms with E-state index < -0.39 is 50.2 Å². The Labute approximate surface area is 124 Å². The van der Waals surface area contributed by atoms with Crippen molar-refractivity contribution in [3.63, 3.8) is 0 Å². The first kappa shape index (κ1) is 18.4. The van der Waals surface area contributed by atoms with E-state index in [0.717, 1.165) is 0 Å². The maximum Gasteiger partial charge on any atom is 0.321 e. The fourth-order valence-electron chi connectivity index (χ4n) is 1.67. The van der Waals surface area contributed by atoms with Crippen LogP contribution in [-0.4, -0.2) is 25.5 Å². The molecule has 1 aromatic rings. The Hall–Kier alpha value is -1.68. The van der Waals surface area contributed by atoms with Crippen LogP contribution < -0.4 is 4.72 Å². The normalized spacial score (nSPS) is 13.1. The van der Waals surface area contributed by atoms with Gasteiger partial charge in [-0.3, -0.25) is 4.79 Å². The van der Waals surface area contributed by atoms with Crippen molar-refractivity contribution >= 4 is 16.0 Å². The number of carbonyl (C=O) groups is 1. The summed E-state index contributed by atoms with van der Waals surface area (Å²) in [4.78, 5) is 9.07. The van der Waals surface area contributed by atoms with Gasteiger partial charge in [-0.15, -0.1) is 0 Å². The van der Waals surface area contributed by atoms with Gasteiger partial charge in [0.15, 0.2) is 28.2 Å². The maximum absolute atomic E-state index is 13.5. The van der Waals surface area contributed by atoms with Gasteiger partial charge in [0.2, 0.25) is 10.0 Å². The second-order valence-electron chi connectivity index (χ2n) is 4.45. The Morgan fingerprint density at radius 3 is 2.14 bits per heavy atom. The summed E-state index contributed by atoms with van der Waals surface area (Å²) >= 11 is 0. The summed E-state index contributed by atoms with van der Waals surface area (Å²) < 4.78 is 78.4. The molecule has 22 heavy (non-hydrogen) atoms. The molecule has 1 aromatic carbocycles. The number of sulfonamides is 1. The largest absolute Gasteiger partial charge is 0.480 e. The van der Waals surface area contributed by atoms with Gasteiger partial charge < -0.3 is 5.11 Å². The second-order valence-corrected chi connectivity index (χ2v) is 6.10. The van der Waals surface area contributed by atoms with Gasteiger partial charge in [0, 0.05) is 6.07 Å². The fraction of sp³-hybridized carbons (Fsp3) is 0.417. The Balaban J connectivity index is 3.27. The summed E-state index contributed by atoms with van der Waals surface area (Å²) in [5.74, 6) is -9.62. The maximum atomic E-state index is 13.5. The minimum atomic E-state index is -5.10. The first-order valence-corrected chi connectivity index (χ1v) is 7.68. The molecule has 0 amide bonds. The average Bonchev–Trinajstić information content (AvgIpc) is 2.41. The average molecular weight is 343 g/mol. The first-order chi connectivity index (χ1) is 10.1. The highest BCUT2D eigenvalue weighted by Gasteiger charge is 2.33. The third kappa shape index (κ3) is 3.95. The SMILES string of the molecule is CCCC[C@H](NS(=O)(=O)c1c(F)c(F)cc(F)c1F)C(=O)O. The van der Waals surface area contributed by atoms with Crippen molar-refractivity contribution in [2.24, 2.45) is 0 Å². The third-order valence-electron chi connectivity index (χ3n) is 2.78. The zero-order chi connectivity index (χ0) is 17.1. The molecule has 0 radical (unpaired) electrons. The molecule has 0 saturated heterocycles. The van der Waals surface area contributed by atoms with Crippen LogP contribution in [0, 0.1) is 23.3 Å². The standard InChI is InChI=1S/C12H13F4NO4S/c1-2-3-4-8(12(18)19)17-22(20,21)11-9(15)6(13)5-7(14)10(11)16/h5,8,17H,2-4H2,1H3,(H,18,19)/t8-/m0/s1. The molecule has 0 fully saturated rings. The minimum Gasteiger partial charge on any atom is -0.480 e. The minimum absolute atomic E-state index is 0.143. The Kier molecular flexibility index (Phi) is 5.89. The predicted molar refractivity (Wildman–Crippen MR) is 67.5 cm³/mol. The number of halogens is 4. The van der Waals surface area contributed by atoms with E-state index in [1.54, 1.807) is 6.92 Å². The van der Waals surface area contributed by atoms with E-state index in [9.17, 15) is 30.8 Å². The van der Waals surface area contributed by atoms with Crippen molar-refractivity contribution in [3.05, 3.63) is 29.3 Å². The lowest BCUT2D eigenvalue weighted by Crippen LogP contribution is -2.41. The van der Waals surface area contributed by atoms with Crippen molar-refractivity contribution in [2.45, 2.75) is 37.1 Å². The number of aliphatic carboxylic acids is 1. The Bertz CT molecular complexity index is 652. The van der Waals surface area contributed by atoms with E-state index in [2.05, 4.69) is 0 Å². The lowest BCUT2D eigenvalue weighted by atomic mass is 10.1. The highest BCUT2D eigenvalue weighted by Crippen LogP contribution is 2.24. The zero-order valence-corrected chi connectivity index (χ0v) is 12.2. The van der Waals surface area contributed by atoms with Crippen LogP contribution in [0.3, 0.4) is 0 Å². The molecule has 0 aliphatic carbocycles. The summed E-state index contributed by atoms with van der Waals surface area (Å²) in [5.41, 5.74) is 0. The molecular formula is C12H13F4NO4S. The second kappa shape index (κ2) is 7.05. The van der Waals surface area contributed by atoms with Crippen LogP contribution in [0.4, 0.5) is 17.6 Å². The van der Waals surface area contributed by atoms with Gasteiger partial charge in [0.1, 0.15) is 6.04 Å². The molecule has 0 heterocycles. The molecule has 0 aliphatic heterocycles. The highest BCUT2D eigenvalue weighted by molar-refractivity contribution is 7.89. The summed E-state index contributed by atoms with van der Waals surface area (Å²) in [6, 6.07) is -1.81. The predicted octanol–water partition coefficient (Wildman–Crippen LogP) is 2.16. The third-order valence-corrected chi connectivity index (χ3v) is 4.27. The van der Waals surface area contributed by atoms with Gasteiger partial charge in [-0.25, -0.2) is 26.0 Å². The van der Waals surface area contributed by atoms with Crippen LogP contribution in [0.2, 0.25) is 0 Å². The molecule has 0 spiro atoms. The summed E-state index contributed by atoms with van der Waals surface area (Å²) in [5, 5.41) is 8.90. The van der Waals surface area contributed by atoms with E-state index in [-0.39, 0.29) is 12.5 Å². The number of benzene rings is 1. The number of unbranched alkanes of at least 4 members (excludes halogenated alkanes) is 1. The van der Waals surface area contributed by atoms with Crippen LogP contribution in [0.15, 0.2) is 11.0 Å². The van der Waals surface area contributed by atoms with Crippen LogP contribution in [0.5, 0.6) is 0 Å². The van der Waals surface area contributed by atoms with E-state index in [0.29, 0.717) is 12.8 Å². The lowest BCUT2D eigenvalue weighted by Gasteiger charge is -2.15. The van der Waals surface area contributed by atoms with E-state index in [1.165, 1.54) is 4.72 Å².